The topological polar surface area (TPSA) is 90.1 Å². The van der Waals surface area contributed by atoms with Gasteiger partial charge in [-0.25, -0.2) is 5.43 Å². The molecule has 1 fully saturated rings. The Bertz CT molecular complexity index is 883. The van der Waals surface area contributed by atoms with Crippen LogP contribution in [0.1, 0.15) is 42.6 Å². The first-order valence-electron chi connectivity index (χ1n) is 10.4. The van der Waals surface area contributed by atoms with Crippen LogP contribution in [-0.2, 0) is 0 Å². The predicted molar refractivity (Wildman–Crippen MR) is 118 cm³/mol. The molecule has 1 heterocycles. The standard InChI is InChI=1S/C23H31N3O5/c1-6-30-19-9-8-15(12-20(19)31-7-2)21-14(3)25-26-22(21)24-23(27)16-10-17(28-4)13-18(11-16)29-5/h8-14,21-22,25-26H,6-7H2,1-5H3,(H,24,27). The molecule has 3 rings (SSSR count). The molecule has 0 aromatic heterocycles. The van der Waals surface area contributed by atoms with Gasteiger partial charge in [-0.3, -0.25) is 10.2 Å². The lowest BCUT2D eigenvalue weighted by atomic mass is 9.91. The van der Waals surface area contributed by atoms with Crippen LogP contribution in [0.25, 0.3) is 0 Å². The van der Waals surface area contributed by atoms with Crippen molar-refractivity contribution in [1.29, 1.82) is 0 Å². The van der Waals surface area contributed by atoms with E-state index in [1.807, 2.05) is 32.0 Å². The maximum absolute atomic E-state index is 13.0. The summed E-state index contributed by atoms with van der Waals surface area (Å²) in [5, 5.41) is 3.07. The Morgan fingerprint density at radius 2 is 1.58 bits per heavy atom. The maximum atomic E-state index is 13.0. The van der Waals surface area contributed by atoms with Crippen molar-refractivity contribution < 1.29 is 23.7 Å². The van der Waals surface area contributed by atoms with Crippen molar-refractivity contribution in [2.24, 2.45) is 0 Å². The first-order valence-corrected chi connectivity index (χ1v) is 10.4. The van der Waals surface area contributed by atoms with E-state index in [2.05, 4.69) is 23.1 Å². The Morgan fingerprint density at radius 3 is 2.19 bits per heavy atom. The fraction of sp³-hybridized carbons (Fsp3) is 0.435. The lowest BCUT2D eigenvalue weighted by Gasteiger charge is -2.24. The normalized spacial score (nSPS) is 20.2. The average molecular weight is 430 g/mol. The molecule has 31 heavy (non-hydrogen) atoms. The van der Waals surface area contributed by atoms with Crippen LogP contribution in [0.2, 0.25) is 0 Å². The van der Waals surface area contributed by atoms with E-state index in [0.717, 1.165) is 5.56 Å². The number of carbonyl (C=O) groups excluding carboxylic acids is 1. The van der Waals surface area contributed by atoms with Crippen molar-refractivity contribution in [2.45, 2.75) is 38.9 Å². The molecule has 1 aliphatic rings. The van der Waals surface area contributed by atoms with Gasteiger partial charge in [-0.1, -0.05) is 6.07 Å². The van der Waals surface area contributed by atoms with Gasteiger partial charge < -0.3 is 24.3 Å². The minimum absolute atomic E-state index is 0.0219. The molecule has 1 aliphatic heterocycles. The van der Waals surface area contributed by atoms with Crippen LogP contribution in [0.3, 0.4) is 0 Å². The third-order valence-electron chi connectivity index (χ3n) is 5.22. The van der Waals surface area contributed by atoms with Crippen LogP contribution in [-0.4, -0.2) is 45.5 Å². The molecule has 3 atom stereocenters. The van der Waals surface area contributed by atoms with Gasteiger partial charge in [-0.05, 0) is 50.6 Å². The van der Waals surface area contributed by atoms with Gasteiger partial charge in [0.15, 0.2) is 11.5 Å². The molecule has 2 aromatic carbocycles. The largest absolute Gasteiger partial charge is 0.497 e. The number of rotatable bonds is 9. The highest BCUT2D eigenvalue weighted by Crippen LogP contribution is 2.34. The molecule has 1 amide bonds. The number of benzene rings is 2. The van der Waals surface area contributed by atoms with E-state index < -0.39 is 0 Å². The third kappa shape index (κ3) is 5.21. The van der Waals surface area contributed by atoms with Gasteiger partial charge in [-0.15, -0.1) is 0 Å². The number of nitrogens with one attached hydrogen (secondary N) is 3. The van der Waals surface area contributed by atoms with Gasteiger partial charge >= 0.3 is 0 Å². The highest BCUT2D eigenvalue weighted by Gasteiger charge is 2.36. The molecule has 0 saturated carbocycles. The van der Waals surface area contributed by atoms with E-state index in [1.54, 1.807) is 32.4 Å². The number of hydrazine groups is 1. The van der Waals surface area contributed by atoms with E-state index in [9.17, 15) is 4.79 Å². The summed E-state index contributed by atoms with van der Waals surface area (Å²) in [6, 6.07) is 11.1. The Labute approximate surface area is 183 Å². The molecule has 0 bridgehead atoms. The molecule has 2 aromatic rings. The minimum Gasteiger partial charge on any atom is -0.497 e. The van der Waals surface area contributed by atoms with Crippen LogP contribution in [0, 0.1) is 0 Å². The Hall–Kier alpha value is -2.97. The second-order valence-electron chi connectivity index (χ2n) is 7.23. The van der Waals surface area contributed by atoms with Crippen molar-refractivity contribution in [2.75, 3.05) is 27.4 Å². The Balaban J connectivity index is 1.84. The van der Waals surface area contributed by atoms with Gasteiger partial charge in [0.05, 0.1) is 27.4 Å². The van der Waals surface area contributed by atoms with Crippen molar-refractivity contribution in [3.8, 4) is 23.0 Å². The smallest absolute Gasteiger partial charge is 0.252 e. The van der Waals surface area contributed by atoms with Crippen LogP contribution >= 0.6 is 0 Å². The number of methoxy groups -OCH3 is 2. The lowest BCUT2D eigenvalue weighted by Crippen LogP contribution is -2.46. The van der Waals surface area contributed by atoms with Crippen molar-refractivity contribution >= 4 is 5.91 Å². The Kier molecular flexibility index (Phi) is 7.59. The van der Waals surface area contributed by atoms with Crippen molar-refractivity contribution in [3.05, 3.63) is 47.5 Å². The third-order valence-corrected chi connectivity index (χ3v) is 5.22. The fourth-order valence-corrected chi connectivity index (χ4v) is 3.73. The molecule has 3 N–H and O–H groups in total. The zero-order valence-electron chi connectivity index (χ0n) is 18.7. The van der Waals surface area contributed by atoms with E-state index in [0.29, 0.717) is 41.8 Å². The van der Waals surface area contributed by atoms with Crippen molar-refractivity contribution in [1.82, 2.24) is 16.2 Å². The summed E-state index contributed by atoms with van der Waals surface area (Å²) >= 11 is 0. The van der Waals surface area contributed by atoms with Gasteiger partial charge in [0.1, 0.15) is 17.7 Å². The van der Waals surface area contributed by atoms with E-state index in [-0.39, 0.29) is 24.0 Å². The quantitative estimate of drug-likeness (QED) is 0.565. The SMILES string of the molecule is CCOc1ccc(C2C(C)NNC2NC(=O)c2cc(OC)cc(OC)c2)cc1OCC. The average Bonchev–Trinajstić information content (AvgIpc) is 3.14. The number of amides is 1. The van der Waals surface area contributed by atoms with E-state index >= 15 is 0 Å². The lowest BCUT2D eigenvalue weighted by molar-refractivity contribution is 0.0927. The summed E-state index contributed by atoms with van der Waals surface area (Å²) in [5.74, 6) is 2.27. The van der Waals surface area contributed by atoms with Gasteiger partial charge in [0.2, 0.25) is 0 Å². The predicted octanol–water partition coefficient (Wildman–Crippen LogP) is 2.84. The first-order chi connectivity index (χ1) is 15.0. The molecule has 1 saturated heterocycles. The monoisotopic (exact) mass is 429 g/mol. The highest BCUT2D eigenvalue weighted by molar-refractivity contribution is 5.95. The molecule has 0 radical (unpaired) electrons. The van der Waals surface area contributed by atoms with Crippen LogP contribution in [0.4, 0.5) is 0 Å². The van der Waals surface area contributed by atoms with Crippen LogP contribution in [0.15, 0.2) is 36.4 Å². The molecule has 168 valence electrons. The van der Waals surface area contributed by atoms with E-state index in [4.69, 9.17) is 18.9 Å². The minimum atomic E-state index is -0.327. The number of hydrogen-bond acceptors (Lipinski definition) is 7. The summed E-state index contributed by atoms with van der Waals surface area (Å²) in [7, 11) is 3.11. The van der Waals surface area contributed by atoms with E-state index in [1.165, 1.54) is 0 Å². The van der Waals surface area contributed by atoms with Gasteiger partial charge in [0, 0.05) is 23.6 Å². The molecule has 0 aliphatic carbocycles. The summed E-state index contributed by atoms with van der Waals surface area (Å²) in [5.41, 5.74) is 7.90. The summed E-state index contributed by atoms with van der Waals surface area (Å²) in [6.07, 6.45) is -0.327. The molecule has 8 nitrogen and oxygen atoms in total. The zero-order valence-corrected chi connectivity index (χ0v) is 18.7. The first kappa shape index (κ1) is 22.7. The fourth-order valence-electron chi connectivity index (χ4n) is 3.73. The van der Waals surface area contributed by atoms with Crippen LogP contribution < -0.4 is 35.1 Å². The zero-order chi connectivity index (χ0) is 22.4. The summed E-state index contributed by atoms with van der Waals surface area (Å²) in [6.45, 7) is 7.04. The molecular formula is C23H31N3O5. The van der Waals surface area contributed by atoms with Crippen LogP contribution in [0.5, 0.6) is 23.0 Å². The number of carbonyl (C=O) groups is 1. The second-order valence-corrected chi connectivity index (χ2v) is 7.23. The number of ether oxygens (including phenoxy) is 4. The molecule has 0 spiro atoms. The Morgan fingerprint density at radius 1 is 0.935 bits per heavy atom. The van der Waals surface area contributed by atoms with Gasteiger partial charge in [-0.2, -0.15) is 0 Å². The van der Waals surface area contributed by atoms with Gasteiger partial charge in [0.25, 0.3) is 5.91 Å². The number of hydrogen-bond donors (Lipinski definition) is 3. The molecular weight excluding hydrogens is 398 g/mol. The molecule has 8 heteroatoms. The highest BCUT2D eigenvalue weighted by atomic mass is 16.5. The second kappa shape index (κ2) is 10.4. The molecule has 3 unspecified atom stereocenters. The maximum Gasteiger partial charge on any atom is 0.252 e. The summed E-state index contributed by atoms with van der Waals surface area (Å²) in [4.78, 5) is 13.0. The van der Waals surface area contributed by atoms with Crippen molar-refractivity contribution in [3.63, 3.8) is 0 Å². The summed E-state index contributed by atoms with van der Waals surface area (Å²) < 4.78 is 22.0.